The fourth-order valence-electron chi connectivity index (χ4n) is 1.58. The minimum Gasteiger partial charge on any atom is -0.351 e. The van der Waals surface area contributed by atoms with E-state index in [1.54, 1.807) is 18.4 Å². The summed E-state index contributed by atoms with van der Waals surface area (Å²) in [7, 11) is -0.817. The summed E-state index contributed by atoms with van der Waals surface area (Å²) in [6, 6.07) is 7.05. The highest BCUT2D eigenvalue weighted by Crippen LogP contribution is 2.16. The molecule has 6 heteroatoms. The Morgan fingerprint density at radius 2 is 1.89 bits per heavy atom. The van der Waals surface area contributed by atoms with Gasteiger partial charge in [0.1, 0.15) is 0 Å². The van der Waals surface area contributed by atoms with Gasteiger partial charge in [0.05, 0.1) is 0 Å². The van der Waals surface area contributed by atoms with E-state index in [1.165, 1.54) is 0 Å². The smallest absolute Gasteiger partial charge is 0.316 e. The number of rotatable bonds is 6. The third-order valence-corrected chi connectivity index (χ3v) is 4.26. The second-order valence-electron chi connectivity index (χ2n) is 4.55. The third kappa shape index (κ3) is 5.40. The van der Waals surface area contributed by atoms with E-state index in [-0.39, 0.29) is 11.3 Å². The molecule has 0 aliphatic rings. The average Bonchev–Trinajstić information content (AvgIpc) is 2.35. The molecule has 106 valence electrons. The van der Waals surface area contributed by atoms with Crippen molar-refractivity contribution < 1.29 is 9.00 Å². The number of anilines is 1. The van der Waals surface area contributed by atoms with Gasteiger partial charge < -0.3 is 16.4 Å². The van der Waals surface area contributed by atoms with Gasteiger partial charge in [-0.15, -0.1) is 0 Å². The molecular formula is C13H21N3O2S. The molecule has 0 saturated carbocycles. The summed E-state index contributed by atoms with van der Waals surface area (Å²) in [6.07, 6.45) is 1.71. The Labute approximate surface area is 116 Å². The Morgan fingerprint density at radius 3 is 2.37 bits per heavy atom. The van der Waals surface area contributed by atoms with Crippen molar-refractivity contribution in [3.8, 4) is 0 Å². The maximum atomic E-state index is 11.3. The molecule has 0 spiro atoms. The molecular weight excluding hydrogens is 262 g/mol. The van der Waals surface area contributed by atoms with Crippen LogP contribution < -0.4 is 16.4 Å². The van der Waals surface area contributed by atoms with Crippen LogP contribution in [0.15, 0.2) is 24.3 Å². The van der Waals surface area contributed by atoms with E-state index in [2.05, 4.69) is 10.6 Å². The summed E-state index contributed by atoms with van der Waals surface area (Å²) in [5.74, 6) is 0. The van der Waals surface area contributed by atoms with Gasteiger partial charge >= 0.3 is 6.03 Å². The molecule has 0 heterocycles. The lowest BCUT2D eigenvalue weighted by molar-refractivity contribution is 0.259. The van der Waals surface area contributed by atoms with Crippen LogP contribution in [0.25, 0.3) is 0 Å². The topological polar surface area (TPSA) is 84.2 Å². The van der Waals surface area contributed by atoms with Crippen LogP contribution in [0.3, 0.4) is 0 Å². The van der Waals surface area contributed by atoms with E-state index >= 15 is 0 Å². The van der Waals surface area contributed by atoms with Gasteiger partial charge in [-0.1, -0.05) is 12.1 Å². The lowest BCUT2D eigenvalue weighted by atomic mass is 10.1. The molecule has 2 amide bonds. The molecule has 5 nitrogen and oxygen atoms in total. The first-order valence-corrected chi connectivity index (χ1v) is 7.74. The van der Waals surface area contributed by atoms with Gasteiger partial charge in [-0.2, -0.15) is 0 Å². The predicted molar refractivity (Wildman–Crippen MR) is 79.6 cm³/mol. The molecule has 1 aromatic carbocycles. The van der Waals surface area contributed by atoms with Crippen molar-refractivity contribution in [2.24, 2.45) is 5.73 Å². The molecule has 1 aromatic rings. The number of urea groups is 1. The molecule has 0 aliphatic carbocycles. The molecule has 0 aromatic heterocycles. The van der Waals surface area contributed by atoms with Crippen molar-refractivity contribution in [3.05, 3.63) is 29.8 Å². The zero-order valence-electron chi connectivity index (χ0n) is 11.5. The molecule has 0 aliphatic heterocycles. The predicted octanol–water partition coefficient (Wildman–Crippen LogP) is 1.59. The van der Waals surface area contributed by atoms with Crippen molar-refractivity contribution in [3.63, 3.8) is 0 Å². The number of nitrogens with one attached hydrogen (secondary N) is 2. The number of primary amides is 1. The second kappa shape index (κ2) is 7.25. The summed E-state index contributed by atoms with van der Waals surface area (Å²) in [6.45, 7) is 4.70. The number of hydrogen-bond donors (Lipinski definition) is 3. The number of benzene rings is 1. The van der Waals surface area contributed by atoms with Crippen molar-refractivity contribution in [1.29, 1.82) is 0 Å². The Morgan fingerprint density at radius 1 is 1.32 bits per heavy atom. The highest BCUT2D eigenvalue weighted by atomic mass is 32.2. The normalized spacial score (nSPS) is 15.5. The summed E-state index contributed by atoms with van der Waals surface area (Å²) >= 11 is 0. The van der Waals surface area contributed by atoms with Crippen molar-refractivity contribution in [1.82, 2.24) is 5.32 Å². The Balaban J connectivity index is 2.55. The van der Waals surface area contributed by atoms with E-state index in [0.717, 1.165) is 5.56 Å². The highest BCUT2D eigenvalue weighted by Gasteiger charge is 2.09. The van der Waals surface area contributed by atoms with E-state index in [0.29, 0.717) is 12.2 Å². The number of carbonyl (C=O) groups excluding carboxylic acids is 1. The fraction of sp³-hybridized carbons (Fsp3) is 0.462. The third-order valence-electron chi connectivity index (χ3n) is 2.96. The van der Waals surface area contributed by atoms with Crippen LogP contribution >= 0.6 is 0 Å². The van der Waals surface area contributed by atoms with Crippen LogP contribution in [0.2, 0.25) is 0 Å². The van der Waals surface area contributed by atoms with Crippen molar-refractivity contribution in [2.45, 2.75) is 25.1 Å². The molecule has 0 fully saturated rings. The second-order valence-corrected chi connectivity index (χ2v) is 6.35. The maximum absolute atomic E-state index is 11.3. The van der Waals surface area contributed by atoms with E-state index in [4.69, 9.17) is 5.73 Å². The zero-order chi connectivity index (χ0) is 14.4. The first-order chi connectivity index (χ1) is 8.90. The van der Waals surface area contributed by atoms with Gasteiger partial charge in [-0.3, -0.25) is 4.21 Å². The molecule has 3 atom stereocenters. The summed E-state index contributed by atoms with van der Waals surface area (Å²) < 4.78 is 11.3. The van der Waals surface area contributed by atoms with Gasteiger partial charge in [-0.25, -0.2) is 4.79 Å². The van der Waals surface area contributed by atoms with Crippen LogP contribution in [-0.2, 0) is 10.8 Å². The van der Waals surface area contributed by atoms with Crippen LogP contribution in [0.4, 0.5) is 10.5 Å². The summed E-state index contributed by atoms with van der Waals surface area (Å²) in [4.78, 5) is 10.7. The van der Waals surface area contributed by atoms with Gasteiger partial charge in [0.25, 0.3) is 0 Å². The van der Waals surface area contributed by atoms with E-state index in [1.807, 2.05) is 26.0 Å². The molecule has 0 bridgehead atoms. The Hall–Kier alpha value is -1.40. The number of hydrogen-bond acceptors (Lipinski definition) is 3. The van der Waals surface area contributed by atoms with Crippen LogP contribution in [0.1, 0.15) is 25.5 Å². The van der Waals surface area contributed by atoms with E-state index < -0.39 is 16.8 Å². The van der Waals surface area contributed by atoms with Crippen LogP contribution in [0, 0.1) is 0 Å². The zero-order valence-corrected chi connectivity index (χ0v) is 12.3. The molecule has 19 heavy (non-hydrogen) atoms. The monoisotopic (exact) mass is 283 g/mol. The van der Waals surface area contributed by atoms with Crippen molar-refractivity contribution >= 4 is 22.5 Å². The molecule has 0 radical (unpaired) electrons. The van der Waals surface area contributed by atoms with Crippen LogP contribution in [-0.4, -0.2) is 28.3 Å². The first-order valence-electron chi connectivity index (χ1n) is 6.12. The summed E-state index contributed by atoms with van der Waals surface area (Å²) in [5.41, 5.74) is 6.81. The average molecular weight is 283 g/mol. The molecule has 1 rings (SSSR count). The van der Waals surface area contributed by atoms with Crippen molar-refractivity contribution in [2.75, 3.05) is 18.1 Å². The Bertz CT molecular complexity index is 448. The van der Waals surface area contributed by atoms with Crippen LogP contribution in [0.5, 0.6) is 0 Å². The first kappa shape index (κ1) is 15.7. The largest absolute Gasteiger partial charge is 0.351 e. The number of amides is 2. The number of nitrogens with two attached hydrogens (primary N) is 1. The minimum atomic E-state index is -0.817. The lowest BCUT2D eigenvalue weighted by Crippen LogP contribution is -2.29. The number of carbonyl (C=O) groups is 1. The lowest BCUT2D eigenvalue weighted by Gasteiger charge is -2.17. The minimum absolute atomic E-state index is 0.123. The molecule has 3 unspecified atom stereocenters. The van der Waals surface area contributed by atoms with E-state index in [9.17, 15) is 9.00 Å². The fourth-order valence-corrected chi connectivity index (χ4v) is 1.91. The van der Waals surface area contributed by atoms with Gasteiger partial charge in [0, 0.05) is 40.6 Å². The van der Waals surface area contributed by atoms with Gasteiger partial charge in [0.2, 0.25) is 0 Å². The Kier molecular flexibility index (Phi) is 5.98. The highest BCUT2D eigenvalue weighted by molar-refractivity contribution is 7.84. The van der Waals surface area contributed by atoms with Gasteiger partial charge in [0.15, 0.2) is 0 Å². The molecule has 0 saturated heterocycles. The maximum Gasteiger partial charge on any atom is 0.316 e. The van der Waals surface area contributed by atoms with Gasteiger partial charge in [-0.05, 0) is 31.5 Å². The SMILES string of the molecule is CC(NCC(C)S(C)=O)c1ccc(NC(N)=O)cc1. The molecule has 4 N–H and O–H groups in total. The standard InChI is InChI=1S/C13H21N3O2S/c1-9(19(3)18)8-15-10(2)11-4-6-12(7-5-11)16-13(14)17/h4-7,9-10,15H,8H2,1-3H3,(H3,14,16,17). The summed E-state index contributed by atoms with van der Waals surface area (Å²) in [5, 5.41) is 5.97. The quantitative estimate of drug-likeness (QED) is 0.741.